The van der Waals surface area contributed by atoms with E-state index in [1.165, 1.54) is 12.1 Å². The van der Waals surface area contributed by atoms with E-state index >= 15 is 0 Å². The van der Waals surface area contributed by atoms with E-state index in [2.05, 4.69) is 10.3 Å². The molecule has 4 rings (SSSR count). The summed E-state index contributed by atoms with van der Waals surface area (Å²) in [5.41, 5.74) is 0.922. The number of para-hydroxylation sites is 1. The number of benzene rings is 2. The molecule has 0 aliphatic rings. The number of carbonyl (C=O) groups is 1. The van der Waals surface area contributed by atoms with Gasteiger partial charge in [-0.3, -0.25) is 0 Å². The molecule has 0 saturated heterocycles. The summed E-state index contributed by atoms with van der Waals surface area (Å²) in [4.78, 5) is 30.9. The van der Waals surface area contributed by atoms with Gasteiger partial charge in [-0.1, -0.05) is 30.3 Å². The predicted molar refractivity (Wildman–Crippen MR) is 96.6 cm³/mol. The number of aromatic nitrogens is 3. The normalized spacial score (nSPS) is 11.1. The zero-order chi connectivity index (χ0) is 19.0. The van der Waals surface area contributed by atoms with E-state index in [0.29, 0.717) is 22.8 Å². The molecule has 2 heterocycles. The second kappa shape index (κ2) is 6.56. The Bertz CT molecular complexity index is 1230. The third kappa shape index (κ3) is 2.91. The van der Waals surface area contributed by atoms with Crippen LogP contribution in [0.3, 0.4) is 0 Å². The summed E-state index contributed by atoms with van der Waals surface area (Å²) >= 11 is 0. The molecule has 2 aromatic carbocycles. The lowest BCUT2D eigenvalue weighted by atomic mass is 10.0. The Morgan fingerprint density at radius 2 is 2.07 bits per heavy atom. The summed E-state index contributed by atoms with van der Waals surface area (Å²) in [5.74, 6) is -1.26. The van der Waals surface area contributed by atoms with Crippen molar-refractivity contribution in [2.45, 2.75) is 19.8 Å². The first-order chi connectivity index (χ1) is 13.1. The molecule has 8 heteroatoms. The Morgan fingerprint density at radius 3 is 2.89 bits per heavy atom. The van der Waals surface area contributed by atoms with Crippen LogP contribution in [0, 0.1) is 0 Å². The first-order valence-electron chi connectivity index (χ1n) is 8.40. The Hall–Kier alpha value is -3.68. The number of rotatable bonds is 4. The summed E-state index contributed by atoms with van der Waals surface area (Å²) in [6.07, 6.45) is 1.44. The fourth-order valence-corrected chi connectivity index (χ4v) is 2.99. The molecular formula is C19H15N3O5. The minimum atomic E-state index is -0.912. The molecule has 0 saturated carbocycles. The molecule has 0 atom stereocenters. The molecule has 0 fully saturated rings. The van der Waals surface area contributed by atoms with Gasteiger partial charge < -0.3 is 14.4 Å². The standard InChI is InChI=1S/C19H15N3O5/c1-2-5-11-10-16(24)26-18-12(11)8-9-15(23)17(18)19(25)27-22-14-7-4-3-6-13(14)20-21-22/h3-4,6-10,23H,2,5H2,1H3. The third-order valence-corrected chi connectivity index (χ3v) is 4.19. The lowest BCUT2D eigenvalue weighted by Crippen LogP contribution is -2.21. The number of hydrogen-bond acceptors (Lipinski definition) is 7. The van der Waals surface area contributed by atoms with Crippen LogP contribution in [0.2, 0.25) is 0 Å². The second-order valence-electron chi connectivity index (χ2n) is 6.01. The molecule has 0 aliphatic carbocycles. The Balaban J connectivity index is 1.84. The lowest BCUT2D eigenvalue weighted by molar-refractivity contribution is 0.0406. The van der Waals surface area contributed by atoms with Crippen molar-refractivity contribution < 1.29 is 19.2 Å². The highest BCUT2D eigenvalue weighted by atomic mass is 16.7. The highest BCUT2D eigenvalue weighted by Gasteiger charge is 2.23. The topological polar surface area (TPSA) is 107 Å². The predicted octanol–water partition coefficient (Wildman–Crippen LogP) is 2.46. The molecule has 2 aromatic heterocycles. The summed E-state index contributed by atoms with van der Waals surface area (Å²) < 4.78 is 5.23. The number of phenols is 1. The first-order valence-corrected chi connectivity index (χ1v) is 8.40. The number of aromatic hydroxyl groups is 1. The van der Waals surface area contributed by atoms with Crippen molar-refractivity contribution in [1.82, 2.24) is 15.2 Å². The number of hydrogen-bond donors (Lipinski definition) is 1. The van der Waals surface area contributed by atoms with Crippen molar-refractivity contribution in [1.29, 1.82) is 0 Å². The van der Waals surface area contributed by atoms with E-state index in [0.717, 1.165) is 16.8 Å². The molecule has 4 aromatic rings. The largest absolute Gasteiger partial charge is 0.507 e. The Morgan fingerprint density at radius 1 is 1.26 bits per heavy atom. The fraction of sp³-hybridized carbons (Fsp3) is 0.158. The maximum Gasteiger partial charge on any atom is 0.373 e. The van der Waals surface area contributed by atoms with Gasteiger partial charge in [-0.25, -0.2) is 9.59 Å². The molecule has 0 bridgehead atoms. The van der Waals surface area contributed by atoms with Crippen LogP contribution in [0.25, 0.3) is 22.0 Å². The van der Waals surface area contributed by atoms with Crippen molar-refractivity contribution in [2.75, 3.05) is 0 Å². The van der Waals surface area contributed by atoms with Crippen LogP contribution < -0.4 is 10.5 Å². The maximum absolute atomic E-state index is 12.7. The molecular weight excluding hydrogens is 350 g/mol. The molecule has 0 radical (unpaired) electrons. The molecule has 0 unspecified atom stereocenters. The maximum atomic E-state index is 12.7. The van der Waals surface area contributed by atoms with Gasteiger partial charge in [-0.15, -0.1) is 5.10 Å². The van der Waals surface area contributed by atoms with Crippen molar-refractivity contribution in [3.05, 3.63) is 64.0 Å². The van der Waals surface area contributed by atoms with Gasteiger partial charge in [0, 0.05) is 11.5 Å². The van der Waals surface area contributed by atoms with Crippen LogP contribution in [0.15, 0.2) is 51.7 Å². The van der Waals surface area contributed by atoms with Crippen LogP contribution in [0.1, 0.15) is 29.3 Å². The summed E-state index contributed by atoms with van der Waals surface area (Å²) in [7, 11) is 0. The monoisotopic (exact) mass is 365 g/mol. The average molecular weight is 365 g/mol. The van der Waals surface area contributed by atoms with Gasteiger partial charge in [0.15, 0.2) is 5.58 Å². The van der Waals surface area contributed by atoms with E-state index in [1.807, 2.05) is 6.92 Å². The Kier molecular flexibility index (Phi) is 4.08. The number of fused-ring (bicyclic) bond motifs is 2. The van der Waals surface area contributed by atoms with Gasteiger partial charge in [-0.2, -0.15) is 0 Å². The van der Waals surface area contributed by atoms with Gasteiger partial charge in [0.1, 0.15) is 22.3 Å². The van der Waals surface area contributed by atoms with Gasteiger partial charge in [0.05, 0.1) is 0 Å². The lowest BCUT2D eigenvalue weighted by Gasteiger charge is -2.10. The molecule has 0 spiro atoms. The van der Waals surface area contributed by atoms with E-state index in [1.54, 1.807) is 30.3 Å². The highest BCUT2D eigenvalue weighted by Crippen LogP contribution is 2.29. The first kappa shape index (κ1) is 16.8. The van der Waals surface area contributed by atoms with Gasteiger partial charge in [0.25, 0.3) is 0 Å². The zero-order valence-corrected chi connectivity index (χ0v) is 14.4. The van der Waals surface area contributed by atoms with E-state index in [-0.39, 0.29) is 16.9 Å². The van der Waals surface area contributed by atoms with Crippen molar-refractivity contribution in [3.8, 4) is 5.75 Å². The average Bonchev–Trinajstić information content (AvgIpc) is 3.04. The van der Waals surface area contributed by atoms with E-state index in [4.69, 9.17) is 9.25 Å². The number of phenolic OH excluding ortho intramolecular Hbond substituents is 1. The molecule has 8 nitrogen and oxygen atoms in total. The molecule has 136 valence electrons. The van der Waals surface area contributed by atoms with Crippen LogP contribution in [0.5, 0.6) is 5.75 Å². The van der Waals surface area contributed by atoms with Gasteiger partial charge in [0.2, 0.25) is 0 Å². The van der Waals surface area contributed by atoms with Crippen LogP contribution in [-0.2, 0) is 6.42 Å². The van der Waals surface area contributed by atoms with E-state index < -0.39 is 11.6 Å². The highest BCUT2D eigenvalue weighted by molar-refractivity contribution is 6.05. The third-order valence-electron chi connectivity index (χ3n) is 4.19. The molecule has 0 aliphatic heterocycles. The summed E-state index contributed by atoms with van der Waals surface area (Å²) in [6, 6.07) is 11.3. The van der Waals surface area contributed by atoms with Gasteiger partial charge in [-0.05, 0) is 41.5 Å². The fourth-order valence-electron chi connectivity index (χ4n) is 2.99. The van der Waals surface area contributed by atoms with Crippen molar-refractivity contribution in [3.63, 3.8) is 0 Å². The smallest absolute Gasteiger partial charge is 0.373 e. The minimum Gasteiger partial charge on any atom is -0.507 e. The summed E-state index contributed by atoms with van der Waals surface area (Å²) in [6.45, 7) is 1.98. The number of aryl methyl sites for hydroxylation is 1. The SMILES string of the molecule is CCCc1cc(=O)oc2c(C(=O)On3nnc4ccccc43)c(O)ccc12. The zero-order valence-electron chi connectivity index (χ0n) is 14.4. The summed E-state index contributed by atoms with van der Waals surface area (Å²) in [5, 5.41) is 18.5. The number of carbonyl (C=O) groups excluding carboxylic acids is 1. The van der Waals surface area contributed by atoms with Crippen molar-refractivity contribution in [2.24, 2.45) is 0 Å². The van der Waals surface area contributed by atoms with E-state index in [9.17, 15) is 14.7 Å². The quantitative estimate of drug-likeness (QED) is 0.437. The Labute approximate surface area is 152 Å². The van der Waals surface area contributed by atoms with Crippen LogP contribution in [0.4, 0.5) is 0 Å². The second-order valence-corrected chi connectivity index (χ2v) is 6.01. The van der Waals surface area contributed by atoms with Crippen molar-refractivity contribution >= 4 is 28.0 Å². The molecule has 1 N–H and O–H groups in total. The molecule has 0 amide bonds. The molecule has 27 heavy (non-hydrogen) atoms. The van der Waals surface area contributed by atoms with Crippen LogP contribution >= 0.6 is 0 Å². The van der Waals surface area contributed by atoms with Crippen LogP contribution in [-0.4, -0.2) is 26.2 Å². The van der Waals surface area contributed by atoms with Gasteiger partial charge >= 0.3 is 11.6 Å². The minimum absolute atomic E-state index is 0.0135. The number of nitrogens with zero attached hydrogens (tertiary/aromatic N) is 3.